The molecule has 0 aromatic heterocycles. The lowest BCUT2D eigenvalue weighted by molar-refractivity contribution is -0.122. The summed E-state index contributed by atoms with van der Waals surface area (Å²) in [5.41, 5.74) is 2.29. The Labute approximate surface area is 141 Å². The molecule has 0 saturated heterocycles. The zero-order valence-corrected chi connectivity index (χ0v) is 13.5. The number of carbonyl (C=O) groups is 1. The smallest absolute Gasteiger partial charge is 0.278 e. The molecule has 0 atom stereocenters. The highest BCUT2D eigenvalue weighted by Crippen LogP contribution is 2.34. The fourth-order valence-corrected chi connectivity index (χ4v) is 2.92. The van der Waals surface area contributed by atoms with E-state index >= 15 is 0 Å². The molecular formula is C20H18N2O2. The number of nitrogens with zero attached hydrogens (tertiary/aromatic N) is 2. The average Bonchev–Trinajstić information content (AvgIpc) is 3.41. The summed E-state index contributed by atoms with van der Waals surface area (Å²) < 4.78 is 5.37. The second-order valence-corrected chi connectivity index (χ2v) is 5.98. The third kappa shape index (κ3) is 2.60. The summed E-state index contributed by atoms with van der Waals surface area (Å²) in [6.07, 6.45) is 3.89. The standard InChI is InChI=1S/C20H18N2O2/c1-24-18-10-6-5-9-15(18)13-17-20(23)22(16-11-12-16)19(21-17)14-7-3-2-4-8-14/h2-10,13,16H,11-12H2,1H3/b17-13-. The first-order chi connectivity index (χ1) is 11.8. The molecule has 24 heavy (non-hydrogen) atoms. The molecule has 1 amide bonds. The van der Waals surface area contributed by atoms with Crippen LogP contribution < -0.4 is 4.74 Å². The molecule has 1 fully saturated rings. The minimum Gasteiger partial charge on any atom is -0.496 e. The first-order valence-corrected chi connectivity index (χ1v) is 8.10. The molecule has 1 aliphatic heterocycles. The number of aliphatic imine (C=N–C) groups is 1. The zero-order chi connectivity index (χ0) is 16.5. The lowest BCUT2D eigenvalue weighted by Crippen LogP contribution is -2.34. The Bertz CT molecular complexity index is 836. The van der Waals surface area contributed by atoms with Crippen LogP contribution in [0.15, 0.2) is 65.3 Å². The van der Waals surface area contributed by atoms with Crippen LogP contribution in [0.5, 0.6) is 5.75 Å². The van der Waals surface area contributed by atoms with E-state index in [1.54, 1.807) is 7.11 Å². The monoisotopic (exact) mass is 318 g/mol. The van der Waals surface area contributed by atoms with Gasteiger partial charge in [-0.3, -0.25) is 9.69 Å². The summed E-state index contributed by atoms with van der Waals surface area (Å²) in [6.45, 7) is 0. The third-order valence-corrected chi connectivity index (χ3v) is 4.27. The molecule has 1 aliphatic carbocycles. The van der Waals surface area contributed by atoms with Gasteiger partial charge in [-0.25, -0.2) is 4.99 Å². The van der Waals surface area contributed by atoms with Crippen molar-refractivity contribution in [2.24, 2.45) is 4.99 Å². The molecule has 0 bridgehead atoms. The van der Waals surface area contributed by atoms with E-state index in [4.69, 9.17) is 4.74 Å². The van der Waals surface area contributed by atoms with Crippen LogP contribution in [0.2, 0.25) is 0 Å². The normalized spacial score (nSPS) is 18.9. The molecule has 4 heteroatoms. The maximum atomic E-state index is 12.9. The minimum absolute atomic E-state index is 0.0257. The molecule has 2 aromatic rings. The first kappa shape index (κ1) is 14.7. The number of para-hydroxylation sites is 1. The molecule has 120 valence electrons. The summed E-state index contributed by atoms with van der Waals surface area (Å²) in [7, 11) is 1.63. The molecule has 2 aromatic carbocycles. The van der Waals surface area contributed by atoms with E-state index in [0.29, 0.717) is 5.70 Å². The Kier molecular flexibility index (Phi) is 3.65. The summed E-state index contributed by atoms with van der Waals surface area (Å²) in [5.74, 6) is 1.46. The Morgan fingerprint density at radius 2 is 1.79 bits per heavy atom. The quantitative estimate of drug-likeness (QED) is 0.810. The van der Waals surface area contributed by atoms with E-state index in [2.05, 4.69) is 4.99 Å². The number of carbonyl (C=O) groups excluding carboxylic acids is 1. The second-order valence-electron chi connectivity index (χ2n) is 5.98. The van der Waals surface area contributed by atoms with Crippen molar-refractivity contribution in [3.8, 4) is 5.75 Å². The van der Waals surface area contributed by atoms with Gasteiger partial charge < -0.3 is 4.74 Å². The van der Waals surface area contributed by atoms with Crippen LogP contribution in [0.3, 0.4) is 0 Å². The highest BCUT2D eigenvalue weighted by atomic mass is 16.5. The zero-order valence-electron chi connectivity index (χ0n) is 13.5. The molecule has 0 radical (unpaired) electrons. The fraction of sp³-hybridized carbons (Fsp3) is 0.200. The van der Waals surface area contributed by atoms with E-state index < -0.39 is 0 Å². The number of benzene rings is 2. The minimum atomic E-state index is -0.0257. The van der Waals surface area contributed by atoms with Gasteiger partial charge in [0.25, 0.3) is 5.91 Å². The molecule has 0 unspecified atom stereocenters. The van der Waals surface area contributed by atoms with Gasteiger partial charge in [-0.15, -0.1) is 0 Å². The van der Waals surface area contributed by atoms with Gasteiger partial charge >= 0.3 is 0 Å². The predicted octanol–water partition coefficient (Wildman–Crippen LogP) is 3.49. The second kappa shape index (κ2) is 5.96. The molecule has 1 heterocycles. The van der Waals surface area contributed by atoms with Crippen LogP contribution in [0.1, 0.15) is 24.0 Å². The van der Waals surface area contributed by atoms with Crippen molar-refractivity contribution < 1.29 is 9.53 Å². The van der Waals surface area contributed by atoms with Crippen molar-refractivity contribution in [2.45, 2.75) is 18.9 Å². The van der Waals surface area contributed by atoms with Gasteiger partial charge in [-0.2, -0.15) is 0 Å². The Hall–Kier alpha value is -2.88. The van der Waals surface area contributed by atoms with Gasteiger partial charge in [0.1, 0.15) is 17.3 Å². The third-order valence-electron chi connectivity index (χ3n) is 4.27. The Morgan fingerprint density at radius 3 is 2.50 bits per heavy atom. The average molecular weight is 318 g/mol. The maximum Gasteiger partial charge on any atom is 0.278 e. The molecular weight excluding hydrogens is 300 g/mol. The molecule has 4 nitrogen and oxygen atoms in total. The van der Waals surface area contributed by atoms with E-state index in [1.165, 1.54) is 0 Å². The molecule has 4 rings (SSSR count). The van der Waals surface area contributed by atoms with Crippen molar-refractivity contribution in [3.63, 3.8) is 0 Å². The van der Waals surface area contributed by atoms with Gasteiger partial charge in [-0.05, 0) is 25.0 Å². The number of amidine groups is 1. The molecule has 1 saturated carbocycles. The van der Waals surface area contributed by atoms with Crippen molar-refractivity contribution in [1.82, 2.24) is 4.90 Å². The van der Waals surface area contributed by atoms with Crippen LogP contribution >= 0.6 is 0 Å². The number of methoxy groups -OCH3 is 1. The van der Waals surface area contributed by atoms with Gasteiger partial charge in [-0.1, -0.05) is 48.5 Å². The largest absolute Gasteiger partial charge is 0.496 e. The first-order valence-electron chi connectivity index (χ1n) is 8.10. The van der Waals surface area contributed by atoms with E-state index in [-0.39, 0.29) is 11.9 Å². The van der Waals surface area contributed by atoms with Crippen LogP contribution in [0.4, 0.5) is 0 Å². The van der Waals surface area contributed by atoms with Gasteiger partial charge in [0.15, 0.2) is 0 Å². The predicted molar refractivity (Wildman–Crippen MR) is 93.8 cm³/mol. The van der Waals surface area contributed by atoms with Crippen molar-refractivity contribution in [1.29, 1.82) is 0 Å². The van der Waals surface area contributed by atoms with E-state index in [9.17, 15) is 4.79 Å². The number of ether oxygens (including phenoxy) is 1. The summed E-state index contributed by atoms with van der Waals surface area (Å²) in [5, 5.41) is 0. The maximum absolute atomic E-state index is 12.9. The summed E-state index contributed by atoms with van der Waals surface area (Å²) >= 11 is 0. The van der Waals surface area contributed by atoms with Crippen LogP contribution in [-0.2, 0) is 4.79 Å². The number of amides is 1. The van der Waals surface area contributed by atoms with Crippen molar-refractivity contribution in [3.05, 3.63) is 71.4 Å². The highest BCUT2D eigenvalue weighted by molar-refractivity contribution is 6.20. The Balaban J connectivity index is 1.77. The number of rotatable bonds is 4. The lowest BCUT2D eigenvalue weighted by Gasteiger charge is -2.17. The number of hydrogen-bond donors (Lipinski definition) is 0. The topological polar surface area (TPSA) is 41.9 Å². The van der Waals surface area contributed by atoms with Crippen molar-refractivity contribution >= 4 is 17.8 Å². The fourth-order valence-electron chi connectivity index (χ4n) is 2.92. The molecule has 2 aliphatic rings. The van der Waals surface area contributed by atoms with Crippen LogP contribution in [-0.4, -0.2) is 29.8 Å². The highest BCUT2D eigenvalue weighted by Gasteiger charge is 2.41. The van der Waals surface area contributed by atoms with Crippen LogP contribution in [0, 0.1) is 0 Å². The summed E-state index contributed by atoms with van der Waals surface area (Å²) in [6, 6.07) is 17.8. The SMILES string of the molecule is COc1ccccc1/C=C1\N=C(c2ccccc2)N(C2CC2)C1=O. The van der Waals surface area contributed by atoms with E-state index in [0.717, 1.165) is 35.6 Å². The summed E-state index contributed by atoms with van der Waals surface area (Å²) in [4.78, 5) is 19.4. The van der Waals surface area contributed by atoms with Gasteiger partial charge in [0, 0.05) is 17.2 Å². The van der Waals surface area contributed by atoms with Gasteiger partial charge in [0.05, 0.1) is 7.11 Å². The van der Waals surface area contributed by atoms with E-state index in [1.807, 2.05) is 65.6 Å². The lowest BCUT2D eigenvalue weighted by atomic mass is 10.1. The molecule has 0 spiro atoms. The van der Waals surface area contributed by atoms with Crippen LogP contribution in [0.25, 0.3) is 6.08 Å². The van der Waals surface area contributed by atoms with Crippen molar-refractivity contribution in [2.75, 3.05) is 7.11 Å². The number of hydrogen-bond acceptors (Lipinski definition) is 3. The van der Waals surface area contributed by atoms with Gasteiger partial charge in [0.2, 0.25) is 0 Å². The molecule has 0 N–H and O–H groups in total. The Morgan fingerprint density at radius 1 is 1.08 bits per heavy atom.